The van der Waals surface area contributed by atoms with Gasteiger partial charge in [0, 0.05) is 11.3 Å². The molecule has 0 atom stereocenters. The summed E-state index contributed by atoms with van der Waals surface area (Å²) in [5.74, 6) is -2.62. The molecule has 0 bridgehead atoms. The molecular weight excluding hydrogens is 358 g/mol. The van der Waals surface area contributed by atoms with Gasteiger partial charge in [-0.15, -0.1) is 0 Å². The lowest BCUT2D eigenvalue weighted by atomic mass is 9.95. The molecule has 3 aromatic rings. The Morgan fingerprint density at radius 2 is 1.18 bits per heavy atom. The second kappa shape index (κ2) is 7.75. The molecule has 0 saturated heterocycles. The summed E-state index contributed by atoms with van der Waals surface area (Å²) < 4.78 is 0. The molecule has 140 valence electrons. The van der Waals surface area contributed by atoms with Crippen LogP contribution in [-0.2, 0) is 0 Å². The average molecular weight is 375 g/mol. The summed E-state index contributed by atoms with van der Waals surface area (Å²) in [4.78, 5) is 35.8. The first kappa shape index (κ1) is 18.8. The van der Waals surface area contributed by atoms with Gasteiger partial charge in [-0.3, -0.25) is 4.79 Å². The number of carboxylic acid groups (broad SMARTS) is 2. The maximum absolute atomic E-state index is 12.9. The Labute approximate surface area is 161 Å². The molecule has 0 aliphatic carbocycles. The fourth-order valence-corrected chi connectivity index (χ4v) is 3.01. The van der Waals surface area contributed by atoms with Crippen LogP contribution in [0.3, 0.4) is 0 Å². The number of hydrogen-bond acceptors (Lipinski definition) is 3. The predicted octanol–water partition coefficient (Wildman–Crippen LogP) is 4.31. The fourth-order valence-electron chi connectivity index (χ4n) is 3.01. The van der Waals surface area contributed by atoms with Gasteiger partial charge in [-0.1, -0.05) is 42.5 Å². The molecule has 0 aliphatic heterocycles. The lowest BCUT2D eigenvalue weighted by Gasteiger charge is -2.14. The number of nitrogens with one attached hydrogen (secondary N) is 1. The molecule has 0 radical (unpaired) electrons. The van der Waals surface area contributed by atoms with Crippen LogP contribution in [0.1, 0.15) is 36.6 Å². The monoisotopic (exact) mass is 375 g/mol. The summed E-state index contributed by atoms with van der Waals surface area (Å²) in [5.41, 5.74) is 2.20. The molecule has 6 nitrogen and oxygen atoms in total. The Bertz CT molecular complexity index is 1090. The highest BCUT2D eigenvalue weighted by atomic mass is 16.4. The molecule has 0 spiro atoms. The van der Waals surface area contributed by atoms with Gasteiger partial charge in [-0.2, -0.15) is 0 Å². The topological polar surface area (TPSA) is 104 Å². The molecule has 1 amide bonds. The first-order valence-electron chi connectivity index (χ1n) is 8.46. The molecule has 3 aromatic carbocycles. The van der Waals surface area contributed by atoms with Crippen molar-refractivity contribution in [2.75, 3.05) is 5.32 Å². The Morgan fingerprint density at radius 1 is 0.679 bits per heavy atom. The Hall–Kier alpha value is -3.93. The highest BCUT2D eigenvalue weighted by molar-refractivity contribution is 6.11. The van der Waals surface area contributed by atoms with Crippen molar-refractivity contribution in [1.29, 1.82) is 0 Å². The largest absolute Gasteiger partial charge is 0.478 e. The standard InChI is InChI=1S/C22H17NO5/c1-13-14(21(25)26)11-6-12-19(13)23-20(24)17-9-4-2-7-15(17)16-8-3-5-10-18(16)22(27)28/h2-12H,1H3,(H,23,24)(H,25,26)(H,27,28). The van der Waals surface area contributed by atoms with Gasteiger partial charge in [0.2, 0.25) is 0 Å². The number of anilines is 1. The Kier molecular flexibility index (Phi) is 5.22. The van der Waals surface area contributed by atoms with Crippen molar-refractivity contribution in [3.05, 3.63) is 89.0 Å². The molecule has 6 heteroatoms. The fraction of sp³-hybridized carbons (Fsp3) is 0.0455. The lowest BCUT2D eigenvalue weighted by molar-refractivity contribution is 0.0686. The van der Waals surface area contributed by atoms with Crippen molar-refractivity contribution < 1.29 is 24.6 Å². The summed E-state index contributed by atoms with van der Waals surface area (Å²) >= 11 is 0. The smallest absolute Gasteiger partial charge is 0.336 e. The van der Waals surface area contributed by atoms with Gasteiger partial charge in [0.25, 0.3) is 5.91 Å². The SMILES string of the molecule is Cc1c(NC(=O)c2ccccc2-c2ccccc2C(=O)O)cccc1C(=O)O. The van der Waals surface area contributed by atoms with E-state index in [0.29, 0.717) is 22.4 Å². The van der Waals surface area contributed by atoms with Crippen LogP contribution in [0.5, 0.6) is 0 Å². The number of amides is 1. The number of hydrogen-bond donors (Lipinski definition) is 3. The van der Waals surface area contributed by atoms with Crippen LogP contribution in [-0.4, -0.2) is 28.1 Å². The second-order valence-corrected chi connectivity index (χ2v) is 6.13. The lowest BCUT2D eigenvalue weighted by Crippen LogP contribution is -2.15. The van der Waals surface area contributed by atoms with Crippen LogP contribution in [0.2, 0.25) is 0 Å². The molecule has 0 aromatic heterocycles. The highest BCUT2D eigenvalue weighted by Gasteiger charge is 2.19. The van der Waals surface area contributed by atoms with E-state index in [1.807, 2.05) is 0 Å². The van der Waals surface area contributed by atoms with Crippen molar-refractivity contribution in [3.63, 3.8) is 0 Å². The minimum atomic E-state index is -1.09. The molecule has 0 fully saturated rings. The molecule has 28 heavy (non-hydrogen) atoms. The molecule has 0 saturated carbocycles. The van der Waals surface area contributed by atoms with E-state index in [1.165, 1.54) is 12.1 Å². The third kappa shape index (κ3) is 3.61. The van der Waals surface area contributed by atoms with Gasteiger partial charge in [-0.05, 0) is 47.9 Å². The number of carboxylic acids is 2. The number of carbonyl (C=O) groups excluding carboxylic acids is 1. The quantitative estimate of drug-likeness (QED) is 0.616. The summed E-state index contributed by atoms with van der Waals surface area (Å²) in [5, 5.41) is 21.4. The van der Waals surface area contributed by atoms with Crippen molar-refractivity contribution in [3.8, 4) is 11.1 Å². The van der Waals surface area contributed by atoms with Crippen LogP contribution >= 0.6 is 0 Å². The summed E-state index contributed by atoms with van der Waals surface area (Å²) in [6.45, 7) is 1.62. The molecule has 3 rings (SSSR count). The molecule has 0 unspecified atom stereocenters. The summed E-state index contributed by atoms with van der Waals surface area (Å²) in [6.07, 6.45) is 0. The number of carbonyl (C=O) groups is 3. The second-order valence-electron chi connectivity index (χ2n) is 6.13. The van der Waals surface area contributed by atoms with Crippen LogP contribution in [0.15, 0.2) is 66.7 Å². The summed E-state index contributed by atoms with van der Waals surface area (Å²) in [7, 11) is 0. The third-order valence-corrected chi connectivity index (χ3v) is 4.43. The van der Waals surface area contributed by atoms with Gasteiger partial charge in [0.15, 0.2) is 0 Å². The normalized spacial score (nSPS) is 10.3. The maximum Gasteiger partial charge on any atom is 0.336 e. The van der Waals surface area contributed by atoms with Gasteiger partial charge in [0.1, 0.15) is 0 Å². The van der Waals surface area contributed by atoms with E-state index < -0.39 is 17.8 Å². The Balaban J connectivity index is 2.03. The predicted molar refractivity (Wildman–Crippen MR) is 105 cm³/mol. The number of benzene rings is 3. The van der Waals surface area contributed by atoms with Gasteiger partial charge >= 0.3 is 11.9 Å². The third-order valence-electron chi connectivity index (χ3n) is 4.43. The molecule has 0 aliphatic rings. The van der Waals surface area contributed by atoms with E-state index in [4.69, 9.17) is 0 Å². The molecule has 3 N–H and O–H groups in total. The van der Waals surface area contributed by atoms with Gasteiger partial charge in [0.05, 0.1) is 11.1 Å². The minimum Gasteiger partial charge on any atom is -0.478 e. The zero-order valence-electron chi connectivity index (χ0n) is 15.0. The van der Waals surface area contributed by atoms with Crippen molar-refractivity contribution in [1.82, 2.24) is 0 Å². The Morgan fingerprint density at radius 3 is 1.79 bits per heavy atom. The van der Waals surface area contributed by atoms with E-state index in [-0.39, 0.29) is 16.7 Å². The molecule has 0 heterocycles. The maximum atomic E-state index is 12.9. The summed E-state index contributed by atoms with van der Waals surface area (Å²) in [6, 6.07) is 17.8. The first-order valence-corrected chi connectivity index (χ1v) is 8.46. The van der Waals surface area contributed by atoms with Crippen LogP contribution in [0.4, 0.5) is 5.69 Å². The van der Waals surface area contributed by atoms with E-state index in [2.05, 4.69) is 5.32 Å². The van der Waals surface area contributed by atoms with Crippen LogP contribution < -0.4 is 5.32 Å². The van der Waals surface area contributed by atoms with Crippen LogP contribution in [0.25, 0.3) is 11.1 Å². The van der Waals surface area contributed by atoms with E-state index in [9.17, 15) is 24.6 Å². The van der Waals surface area contributed by atoms with Crippen molar-refractivity contribution in [2.45, 2.75) is 6.92 Å². The van der Waals surface area contributed by atoms with Gasteiger partial charge < -0.3 is 15.5 Å². The number of rotatable bonds is 5. The number of aromatic carboxylic acids is 2. The van der Waals surface area contributed by atoms with Crippen molar-refractivity contribution >= 4 is 23.5 Å². The highest BCUT2D eigenvalue weighted by Crippen LogP contribution is 2.28. The van der Waals surface area contributed by atoms with Crippen LogP contribution in [0, 0.1) is 6.92 Å². The average Bonchev–Trinajstić information content (AvgIpc) is 2.69. The zero-order valence-corrected chi connectivity index (χ0v) is 15.0. The first-order chi connectivity index (χ1) is 13.4. The minimum absolute atomic E-state index is 0.0896. The van der Waals surface area contributed by atoms with E-state index in [0.717, 1.165) is 0 Å². The zero-order chi connectivity index (χ0) is 20.3. The molecular formula is C22H17NO5. The van der Waals surface area contributed by atoms with Gasteiger partial charge in [-0.25, -0.2) is 9.59 Å². The van der Waals surface area contributed by atoms with E-state index >= 15 is 0 Å². The van der Waals surface area contributed by atoms with E-state index in [1.54, 1.807) is 61.5 Å². The van der Waals surface area contributed by atoms with Crippen molar-refractivity contribution in [2.24, 2.45) is 0 Å².